The standard InChI is InChI=1S/C26H28N3O2Si/c1-16-13-21(19-5-4-11-27-22(19)14-16)26(9-10-26)28-24(30)20-15-18(7-6-17(20)2)31-25(32)23-8-12-29(23)3/h4-7,11,13-15,23,25H,8-10,12H2,1-3H3,(H,28,30)/t23-,25?/m0/s1. The van der Waals surface area contributed by atoms with Crippen LogP contribution >= 0.6 is 0 Å². The molecule has 0 bridgehead atoms. The van der Waals surface area contributed by atoms with Gasteiger partial charge in [0.15, 0.2) is 0 Å². The number of amides is 1. The molecule has 3 radical (unpaired) electrons. The monoisotopic (exact) mass is 442 g/mol. The van der Waals surface area contributed by atoms with Gasteiger partial charge in [-0.05, 0) is 87.7 Å². The van der Waals surface area contributed by atoms with Crippen LogP contribution in [-0.4, -0.2) is 51.4 Å². The van der Waals surface area contributed by atoms with E-state index in [0.29, 0.717) is 17.4 Å². The van der Waals surface area contributed by atoms with E-state index in [1.165, 1.54) is 0 Å². The fourth-order valence-electron chi connectivity index (χ4n) is 4.65. The maximum Gasteiger partial charge on any atom is 0.252 e. The lowest BCUT2D eigenvalue weighted by Crippen LogP contribution is -2.53. The number of pyridine rings is 1. The van der Waals surface area contributed by atoms with Crippen molar-refractivity contribution in [1.29, 1.82) is 0 Å². The molecule has 2 aliphatic rings. The van der Waals surface area contributed by atoms with E-state index in [2.05, 4.69) is 57.6 Å². The summed E-state index contributed by atoms with van der Waals surface area (Å²) < 4.78 is 6.12. The van der Waals surface area contributed by atoms with Gasteiger partial charge in [0, 0.05) is 23.2 Å². The lowest BCUT2D eigenvalue weighted by molar-refractivity contribution is 0.0562. The van der Waals surface area contributed by atoms with Crippen molar-refractivity contribution in [1.82, 2.24) is 15.2 Å². The number of fused-ring (bicyclic) bond motifs is 1. The zero-order valence-electron chi connectivity index (χ0n) is 18.8. The number of hydrogen-bond acceptors (Lipinski definition) is 4. The van der Waals surface area contributed by atoms with Crippen LogP contribution in [0.4, 0.5) is 0 Å². The van der Waals surface area contributed by atoms with Gasteiger partial charge in [-0.15, -0.1) is 0 Å². The Morgan fingerprint density at radius 3 is 2.75 bits per heavy atom. The summed E-state index contributed by atoms with van der Waals surface area (Å²) in [6.07, 6.45) is 4.78. The topological polar surface area (TPSA) is 54.5 Å². The number of benzene rings is 2. The van der Waals surface area contributed by atoms with Crippen molar-refractivity contribution >= 4 is 27.1 Å². The first kappa shape index (κ1) is 21.2. The Morgan fingerprint density at radius 2 is 2.06 bits per heavy atom. The number of hydrogen-bond donors (Lipinski definition) is 1. The van der Waals surface area contributed by atoms with E-state index in [1.54, 1.807) is 0 Å². The predicted octanol–water partition coefficient (Wildman–Crippen LogP) is 3.85. The molecule has 1 N–H and O–H groups in total. The number of nitrogens with one attached hydrogen (secondary N) is 1. The predicted molar refractivity (Wildman–Crippen MR) is 127 cm³/mol. The molecule has 1 aliphatic heterocycles. The van der Waals surface area contributed by atoms with Gasteiger partial charge >= 0.3 is 0 Å². The van der Waals surface area contributed by atoms with Crippen molar-refractivity contribution in [3.63, 3.8) is 0 Å². The molecule has 32 heavy (non-hydrogen) atoms. The summed E-state index contributed by atoms with van der Waals surface area (Å²) in [5.74, 6) is 0.645. The van der Waals surface area contributed by atoms with Gasteiger partial charge in [0.2, 0.25) is 0 Å². The Balaban J connectivity index is 1.40. The van der Waals surface area contributed by atoms with Crippen LogP contribution < -0.4 is 10.1 Å². The number of aryl methyl sites for hydroxylation is 2. The molecule has 2 heterocycles. The highest BCUT2D eigenvalue weighted by Crippen LogP contribution is 2.48. The number of carbonyl (C=O) groups excluding carboxylic acids is 1. The van der Waals surface area contributed by atoms with Crippen molar-refractivity contribution < 1.29 is 9.53 Å². The van der Waals surface area contributed by atoms with Crippen LogP contribution in [0.15, 0.2) is 48.7 Å². The minimum absolute atomic E-state index is 0.0599. The van der Waals surface area contributed by atoms with Gasteiger partial charge in [0.1, 0.15) is 5.75 Å². The fraction of sp³-hybridized carbons (Fsp3) is 0.385. The zero-order valence-corrected chi connectivity index (χ0v) is 19.8. The number of rotatable bonds is 6. The van der Waals surface area contributed by atoms with Gasteiger partial charge in [-0.1, -0.05) is 18.2 Å². The minimum Gasteiger partial charge on any atom is -0.493 e. The molecule has 2 aromatic carbocycles. The van der Waals surface area contributed by atoms with Gasteiger partial charge in [0.25, 0.3) is 5.91 Å². The third-order valence-corrected chi connectivity index (χ3v) is 7.40. The lowest BCUT2D eigenvalue weighted by atomic mass is 9.96. The first-order valence-electron chi connectivity index (χ1n) is 11.2. The molecular weight excluding hydrogens is 414 g/mol. The van der Waals surface area contributed by atoms with Crippen LogP contribution in [0, 0.1) is 13.8 Å². The van der Waals surface area contributed by atoms with Crippen molar-refractivity contribution in [2.24, 2.45) is 0 Å². The summed E-state index contributed by atoms with van der Waals surface area (Å²) in [5, 5.41) is 4.46. The molecule has 1 saturated carbocycles. The minimum atomic E-state index is -0.333. The number of carbonyl (C=O) groups is 1. The third-order valence-electron chi connectivity index (χ3n) is 6.89. The second kappa shape index (κ2) is 8.01. The molecule has 5 nitrogen and oxygen atoms in total. The fourth-order valence-corrected chi connectivity index (χ4v) is 5.21. The molecule has 163 valence electrons. The van der Waals surface area contributed by atoms with Crippen LogP contribution in [0.2, 0.25) is 0 Å². The maximum absolute atomic E-state index is 13.4. The molecule has 1 aromatic heterocycles. The Kier molecular flexibility index (Phi) is 5.30. The van der Waals surface area contributed by atoms with E-state index in [1.807, 2.05) is 37.4 Å². The summed E-state index contributed by atoms with van der Waals surface area (Å²) >= 11 is 0. The summed E-state index contributed by atoms with van der Waals surface area (Å²) in [6, 6.07) is 14.4. The highest BCUT2D eigenvalue weighted by molar-refractivity contribution is 6.11. The summed E-state index contributed by atoms with van der Waals surface area (Å²) in [7, 11) is 5.81. The smallest absolute Gasteiger partial charge is 0.252 e. The normalized spacial score (nSPS) is 20.4. The highest BCUT2D eigenvalue weighted by atomic mass is 28.1. The van der Waals surface area contributed by atoms with E-state index in [4.69, 9.17) is 4.74 Å². The van der Waals surface area contributed by atoms with E-state index in [0.717, 1.165) is 53.4 Å². The van der Waals surface area contributed by atoms with E-state index < -0.39 is 0 Å². The molecular formula is C26H28N3O2Si. The van der Waals surface area contributed by atoms with Gasteiger partial charge in [-0.3, -0.25) is 9.78 Å². The highest BCUT2D eigenvalue weighted by Gasteiger charge is 2.47. The molecule has 1 saturated heterocycles. The van der Waals surface area contributed by atoms with E-state index >= 15 is 0 Å². The Labute approximate surface area is 192 Å². The average molecular weight is 443 g/mol. The zero-order chi connectivity index (χ0) is 22.5. The van der Waals surface area contributed by atoms with Crippen LogP contribution in [0.25, 0.3) is 10.9 Å². The molecule has 5 rings (SSSR count). The second-order valence-electron chi connectivity index (χ2n) is 9.27. The number of ether oxygens (including phenoxy) is 1. The molecule has 1 aliphatic carbocycles. The number of likely N-dealkylation sites (tertiary alicyclic amines) is 1. The van der Waals surface area contributed by atoms with E-state index in [9.17, 15) is 4.79 Å². The average Bonchev–Trinajstić information content (AvgIpc) is 3.53. The van der Waals surface area contributed by atoms with Crippen molar-refractivity contribution in [2.45, 2.75) is 50.4 Å². The molecule has 1 amide bonds. The largest absolute Gasteiger partial charge is 0.493 e. The lowest BCUT2D eigenvalue weighted by Gasteiger charge is -2.41. The number of nitrogens with zero attached hydrogens (tertiary/aromatic N) is 2. The SMILES string of the molecule is Cc1cc(C2(NC(=O)c3cc(OC([Si])[C@@H]4CCN4C)ccc3C)CC2)c2cccnc2c1. The van der Waals surface area contributed by atoms with Crippen LogP contribution in [0.5, 0.6) is 5.75 Å². The Morgan fingerprint density at radius 1 is 1.25 bits per heavy atom. The van der Waals surface area contributed by atoms with Gasteiger partial charge in [-0.2, -0.15) is 0 Å². The summed E-state index contributed by atoms with van der Waals surface area (Å²) in [4.78, 5) is 20.2. The molecule has 2 fully saturated rings. The van der Waals surface area contributed by atoms with Crippen molar-refractivity contribution in [3.8, 4) is 5.75 Å². The first-order chi connectivity index (χ1) is 15.4. The van der Waals surface area contributed by atoms with Gasteiger partial charge in [-0.25, -0.2) is 0 Å². The third kappa shape index (κ3) is 3.82. The molecule has 0 spiro atoms. The first-order valence-corrected chi connectivity index (χ1v) is 11.8. The van der Waals surface area contributed by atoms with E-state index in [-0.39, 0.29) is 17.2 Å². The molecule has 1 unspecified atom stereocenters. The van der Waals surface area contributed by atoms with Crippen LogP contribution in [0.1, 0.15) is 46.3 Å². The quantitative estimate of drug-likeness (QED) is 0.589. The molecule has 6 heteroatoms. The second-order valence-corrected chi connectivity index (χ2v) is 9.84. The van der Waals surface area contributed by atoms with Gasteiger partial charge < -0.3 is 15.0 Å². The van der Waals surface area contributed by atoms with Gasteiger partial charge in [0.05, 0.1) is 27.0 Å². The molecule has 2 atom stereocenters. The maximum atomic E-state index is 13.4. The van der Waals surface area contributed by atoms with Crippen molar-refractivity contribution in [3.05, 3.63) is 70.9 Å². The number of likely N-dealkylation sites (N-methyl/N-ethyl adjacent to an activating group) is 1. The number of aromatic nitrogens is 1. The summed E-state index contributed by atoms with van der Waals surface area (Å²) in [6.45, 7) is 5.13. The summed E-state index contributed by atoms with van der Waals surface area (Å²) in [5.41, 5.74) is 4.44. The van der Waals surface area contributed by atoms with Crippen LogP contribution in [0.3, 0.4) is 0 Å². The van der Waals surface area contributed by atoms with Crippen LogP contribution in [-0.2, 0) is 5.54 Å². The molecule has 3 aromatic rings. The Bertz CT molecular complexity index is 1190. The Hall–Kier alpha value is -2.70. The van der Waals surface area contributed by atoms with Crippen molar-refractivity contribution in [2.75, 3.05) is 13.6 Å².